The summed E-state index contributed by atoms with van der Waals surface area (Å²) in [5.41, 5.74) is 0.0187. The van der Waals surface area contributed by atoms with E-state index in [-0.39, 0.29) is 17.7 Å². The van der Waals surface area contributed by atoms with E-state index in [4.69, 9.17) is 9.47 Å². The molecule has 1 unspecified atom stereocenters. The van der Waals surface area contributed by atoms with Gasteiger partial charge in [-0.3, -0.25) is 14.9 Å². The summed E-state index contributed by atoms with van der Waals surface area (Å²) in [4.78, 5) is 21.7. The molecular weight excluding hydrogens is 276 g/mol. The van der Waals surface area contributed by atoms with E-state index < -0.39 is 4.92 Å². The molecule has 114 valence electrons. The van der Waals surface area contributed by atoms with E-state index >= 15 is 0 Å². The van der Waals surface area contributed by atoms with Crippen LogP contribution in [-0.4, -0.2) is 36.7 Å². The van der Waals surface area contributed by atoms with Crippen LogP contribution in [-0.2, 0) is 9.53 Å². The maximum absolute atomic E-state index is 11.6. The number of benzene rings is 1. The largest absolute Gasteiger partial charge is 0.494 e. The predicted molar refractivity (Wildman–Crippen MR) is 75.2 cm³/mol. The summed E-state index contributed by atoms with van der Waals surface area (Å²) in [6.45, 7) is 0.331. The third-order valence-electron chi connectivity index (χ3n) is 3.22. The second-order valence-electron chi connectivity index (χ2n) is 4.90. The SMILES string of the molecule is COC(=O)C(CCOc1ccc([N+](=O)[O-])cc1)NC1CC1. The van der Waals surface area contributed by atoms with Crippen molar-refractivity contribution in [1.29, 1.82) is 0 Å². The first-order valence-corrected chi connectivity index (χ1v) is 6.81. The third kappa shape index (κ3) is 4.71. The molecule has 1 aliphatic carbocycles. The lowest BCUT2D eigenvalue weighted by atomic mass is 10.2. The molecule has 1 saturated carbocycles. The summed E-state index contributed by atoms with van der Waals surface area (Å²) in [6, 6.07) is 5.87. The van der Waals surface area contributed by atoms with Gasteiger partial charge in [-0.2, -0.15) is 0 Å². The summed E-state index contributed by atoms with van der Waals surface area (Å²) in [5.74, 6) is 0.241. The van der Waals surface area contributed by atoms with Gasteiger partial charge in [0, 0.05) is 24.6 Å². The highest BCUT2D eigenvalue weighted by molar-refractivity contribution is 5.75. The van der Waals surface area contributed by atoms with Crippen LogP contribution in [0.25, 0.3) is 0 Å². The molecule has 0 radical (unpaired) electrons. The molecule has 7 heteroatoms. The Balaban J connectivity index is 1.80. The van der Waals surface area contributed by atoms with E-state index in [0.29, 0.717) is 24.8 Å². The lowest BCUT2D eigenvalue weighted by molar-refractivity contribution is -0.384. The number of esters is 1. The van der Waals surface area contributed by atoms with Gasteiger partial charge in [0.2, 0.25) is 0 Å². The Morgan fingerprint density at radius 1 is 1.43 bits per heavy atom. The molecule has 0 saturated heterocycles. The van der Waals surface area contributed by atoms with Crippen molar-refractivity contribution in [3.8, 4) is 5.75 Å². The van der Waals surface area contributed by atoms with Crippen molar-refractivity contribution in [2.24, 2.45) is 0 Å². The molecule has 0 heterocycles. The molecule has 0 aromatic heterocycles. The number of hydrogen-bond donors (Lipinski definition) is 1. The normalized spacial score (nSPS) is 15.3. The fourth-order valence-electron chi connectivity index (χ4n) is 1.90. The van der Waals surface area contributed by atoms with E-state index in [1.165, 1.54) is 19.2 Å². The van der Waals surface area contributed by atoms with Crippen molar-refractivity contribution < 1.29 is 19.2 Å². The number of rotatable bonds is 8. The van der Waals surface area contributed by atoms with Crippen LogP contribution in [0.4, 0.5) is 5.69 Å². The molecule has 2 rings (SSSR count). The minimum Gasteiger partial charge on any atom is -0.494 e. The Morgan fingerprint density at radius 3 is 2.62 bits per heavy atom. The summed E-state index contributed by atoms with van der Waals surface area (Å²) in [5, 5.41) is 13.7. The zero-order chi connectivity index (χ0) is 15.2. The Labute approximate surface area is 122 Å². The highest BCUT2D eigenvalue weighted by atomic mass is 16.6. The number of methoxy groups -OCH3 is 1. The molecule has 0 aliphatic heterocycles. The fraction of sp³-hybridized carbons (Fsp3) is 0.500. The zero-order valence-electron chi connectivity index (χ0n) is 11.8. The minimum atomic E-state index is -0.462. The molecule has 1 aromatic carbocycles. The molecule has 7 nitrogen and oxygen atoms in total. The molecule has 1 aliphatic rings. The molecule has 0 bridgehead atoms. The van der Waals surface area contributed by atoms with Gasteiger partial charge in [-0.25, -0.2) is 0 Å². The smallest absolute Gasteiger partial charge is 0.322 e. The number of nitro benzene ring substituents is 1. The number of nitro groups is 1. The van der Waals surface area contributed by atoms with Gasteiger partial charge < -0.3 is 14.8 Å². The van der Waals surface area contributed by atoms with E-state index in [1.807, 2.05) is 0 Å². The van der Waals surface area contributed by atoms with Crippen LogP contribution in [0, 0.1) is 10.1 Å². The van der Waals surface area contributed by atoms with Crippen molar-refractivity contribution in [2.75, 3.05) is 13.7 Å². The number of carbonyl (C=O) groups is 1. The van der Waals surface area contributed by atoms with E-state index in [1.54, 1.807) is 12.1 Å². The predicted octanol–water partition coefficient (Wildman–Crippen LogP) is 1.66. The molecular formula is C14H18N2O5. The fourth-order valence-corrected chi connectivity index (χ4v) is 1.90. The number of carbonyl (C=O) groups excluding carboxylic acids is 1. The van der Waals surface area contributed by atoms with Crippen LogP contribution in [0.2, 0.25) is 0 Å². The van der Waals surface area contributed by atoms with Crippen molar-refractivity contribution in [3.05, 3.63) is 34.4 Å². The minimum absolute atomic E-state index is 0.0187. The van der Waals surface area contributed by atoms with Gasteiger partial charge in [0.1, 0.15) is 11.8 Å². The first-order chi connectivity index (χ1) is 10.1. The molecule has 1 atom stereocenters. The van der Waals surface area contributed by atoms with Crippen LogP contribution in [0.3, 0.4) is 0 Å². The second kappa shape index (κ2) is 7.03. The quantitative estimate of drug-likeness (QED) is 0.445. The van der Waals surface area contributed by atoms with E-state index in [2.05, 4.69) is 5.32 Å². The summed E-state index contributed by atoms with van der Waals surface area (Å²) >= 11 is 0. The molecule has 0 amide bonds. The molecule has 21 heavy (non-hydrogen) atoms. The summed E-state index contributed by atoms with van der Waals surface area (Å²) in [6.07, 6.45) is 2.65. The van der Waals surface area contributed by atoms with Crippen molar-refractivity contribution in [1.82, 2.24) is 5.32 Å². The van der Waals surface area contributed by atoms with E-state index in [9.17, 15) is 14.9 Å². The molecule has 1 aromatic rings. The first-order valence-electron chi connectivity index (χ1n) is 6.81. The first kappa shape index (κ1) is 15.2. The third-order valence-corrected chi connectivity index (χ3v) is 3.22. The van der Waals surface area contributed by atoms with Gasteiger partial charge in [-0.15, -0.1) is 0 Å². The van der Waals surface area contributed by atoms with Crippen molar-refractivity contribution in [3.63, 3.8) is 0 Å². The number of nitrogens with zero attached hydrogens (tertiary/aromatic N) is 1. The van der Waals surface area contributed by atoms with Crippen LogP contribution in [0.5, 0.6) is 5.75 Å². The van der Waals surface area contributed by atoms with Crippen LogP contribution in [0.15, 0.2) is 24.3 Å². The Bertz CT molecular complexity index is 499. The molecule has 1 fully saturated rings. The number of nitrogens with one attached hydrogen (secondary N) is 1. The van der Waals surface area contributed by atoms with Gasteiger partial charge in [0.05, 0.1) is 18.6 Å². The van der Waals surface area contributed by atoms with Gasteiger partial charge in [0.15, 0.2) is 0 Å². The molecule has 0 spiro atoms. The lowest BCUT2D eigenvalue weighted by Gasteiger charge is -2.16. The zero-order valence-corrected chi connectivity index (χ0v) is 11.8. The lowest BCUT2D eigenvalue weighted by Crippen LogP contribution is -2.40. The summed E-state index contributed by atoms with van der Waals surface area (Å²) in [7, 11) is 1.36. The number of non-ortho nitro benzene ring substituents is 1. The van der Waals surface area contributed by atoms with Crippen LogP contribution in [0.1, 0.15) is 19.3 Å². The highest BCUT2D eigenvalue weighted by Gasteiger charge is 2.28. The van der Waals surface area contributed by atoms with Gasteiger partial charge in [0.25, 0.3) is 5.69 Å². The van der Waals surface area contributed by atoms with Crippen molar-refractivity contribution in [2.45, 2.75) is 31.3 Å². The van der Waals surface area contributed by atoms with E-state index in [0.717, 1.165) is 12.8 Å². The highest BCUT2D eigenvalue weighted by Crippen LogP contribution is 2.21. The maximum atomic E-state index is 11.6. The number of ether oxygens (including phenoxy) is 2. The monoisotopic (exact) mass is 294 g/mol. The average molecular weight is 294 g/mol. The van der Waals surface area contributed by atoms with Crippen LogP contribution >= 0.6 is 0 Å². The molecule has 1 N–H and O–H groups in total. The van der Waals surface area contributed by atoms with Gasteiger partial charge in [-0.05, 0) is 25.0 Å². The second-order valence-corrected chi connectivity index (χ2v) is 4.90. The maximum Gasteiger partial charge on any atom is 0.322 e. The Hall–Kier alpha value is -2.15. The topological polar surface area (TPSA) is 90.7 Å². The van der Waals surface area contributed by atoms with Crippen molar-refractivity contribution >= 4 is 11.7 Å². The van der Waals surface area contributed by atoms with Gasteiger partial charge >= 0.3 is 5.97 Å². The number of hydrogen-bond acceptors (Lipinski definition) is 6. The Kier molecular flexibility index (Phi) is 5.10. The summed E-state index contributed by atoms with van der Waals surface area (Å²) < 4.78 is 10.3. The average Bonchev–Trinajstić information content (AvgIpc) is 3.30. The van der Waals surface area contributed by atoms with Crippen LogP contribution < -0.4 is 10.1 Å². The van der Waals surface area contributed by atoms with Gasteiger partial charge in [-0.1, -0.05) is 0 Å². The Morgan fingerprint density at radius 2 is 2.10 bits per heavy atom. The standard InChI is InChI=1S/C14H18N2O5/c1-20-14(17)13(15-10-2-3-10)8-9-21-12-6-4-11(5-7-12)16(18)19/h4-7,10,13,15H,2-3,8-9H2,1H3.